The highest BCUT2D eigenvalue weighted by Gasteiger charge is 2.21. The third-order valence-corrected chi connectivity index (χ3v) is 3.26. The minimum absolute atomic E-state index is 0.458. The van der Waals surface area contributed by atoms with Gasteiger partial charge in [0.2, 0.25) is 0 Å². The van der Waals surface area contributed by atoms with E-state index in [2.05, 4.69) is 0 Å². The second-order valence-corrected chi connectivity index (χ2v) is 4.66. The molecule has 1 aliphatic rings. The molecule has 0 unspecified atom stereocenters. The van der Waals surface area contributed by atoms with Gasteiger partial charge in [-0.3, -0.25) is 0 Å². The van der Waals surface area contributed by atoms with E-state index in [9.17, 15) is 0 Å². The van der Waals surface area contributed by atoms with E-state index in [-0.39, 0.29) is 0 Å². The molecule has 2 nitrogen and oxygen atoms in total. The molecule has 0 N–H and O–H groups in total. The molecule has 1 fully saturated rings. The molecule has 0 aliphatic heterocycles. The van der Waals surface area contributed by atoms with Crippen molar-refractivity contribution in [1.82, 2.24) is 0 Å². The second-order valence-electron chi connectivity index (χ2n) is 4.39. The zero-order chi connectivity index (χ0) is 12.1. The molecule has 3 heteroatoms. The van der Waals surface area contributed by atoms with Gasteiger partial charge in [0.25, 0.3) is 0 Å². The average molecular weight is 255 g/mol. The van der Waals surface area contributed by atoms with Crippen LogP contribution < -0.4 is 9.47 Å². The molecule has 0 atom stereocenters. The van der Waals surface area contributed by atoms with E-state index in [1.54, 1.807) is 0 Å². The predicted octanol–water partition coefficient (Wildman–Crippen LogP) is 4.00. The van der Waals surface area contributed by atoms with Crippen molar-refractivity contribution in [1.29, 1.82) is 0 Å². The Labute approximate surface area is 108 Å². The predicted molar refractivity (Wildman–Crippen MR) is 70.0 cm³/mol. The summed E-state index contributed by atoms with van der Waals surface area (Å²) < 4.78 is 11.4. The van der Waals surface area contributed by atoms with Crippen molar-refractivity contribution in [2.45, 2.75) is 32.1 Å². The van der Waals surface area contributed by atoms with E-state index in [4.69, 9.17) is 21.1 Å². The quantitative estimate of drug-likeness (QED) is 0.685. The van der Waals surface area contributed by atoms with Crippen LogP contribution >= 0.6 is 11.6 Å². The largest absolute Gasteiger partial charge is 0.490 e. The van der Waals surface area contributed by atoms with Crippen molar-refractivity contribution in [3.05, 3.63) is 23.8 Å². The van der Waals surface area contributed by atoms with Crippen LogP contribution in [0, 0.1) is 5.92 Å². The fourth-order valence-corrected chi connectivity index (χ4v) is 2.04. The van der Waals surface area contributed by atoms with Gasteiger partial charge in [0.1, 0.15) is 0 Å². The average Bonchev–Trinajstić information content (AvgIpc) is 3.15. The van der Waals surface area contributed by atoms with Gasteiger partial charge < -0.3 is 9.47 Å². The number of benzene rings is 1. The van der Waals surface area contributed by atoms with Crippen LogP contribution in [-0.2, 0) is 5.88 Å². The Balaban J connectivity index is 2.03. The first-order valence-electron chi connectivity index (χ1n) is 6.28. The zero-order valence-electron chi connectivity index (χ0n) is 10.2. The normalized spacial score (nSPS) is 14.7. The monoisotopic (exact) mass is 254 g/mol. The summed E-state index contributed by atoms with van der Waals surface area (Å²) >= 11 is 5.92. The molecule has 0 radical (unpaired) electrons. The lowest BCUT2D eigenvalue weighted by Crippen LogP contribution is -2.03. The highest BCUT2D eigenvalue weighted by atomic mass is 35.5. The summed E-state index contributed by atoms with van der Waals surface area (Å²) in [5.74, 6) is 2.97. The Hall–Kier alpha value is -0.890. The van der Waals surface area contributed by atoms with E-state index in [1.165, 1.54) is 12.8 Å². The molecule has 17 heavy (non-hydrogen) atoms. The highest BCUT2D eigenvalue weighted by Crippen LogP contribution is 2.35. The summed E-state index contributed by atoms with van der Waals surface area (Å²) in [6.07, 6.45) is 3.86. The highest BCUT2D eigenvalue weighted by molar-refractivity contribution is 6.17. The first kappa shape index (κ1) is 12.6. The lowest BCUT2D eigenvalue weighted by molar-refractivity contribution is 0.267. The maximum Gasteiger partial charge on any atom is 0.165 e. The van der Waals surface area contributed by atoms with E-state index in [1.807, 2.05) is 25.1 Å². The molecule has 1 saturated carbocycles. The minimum Gasteiger partial charge on any atom is -0.490 e. The van der Waals surface area contributed by atoms with Gasteiger partial charge in [0.15, 0.2) is 11.5 Å². The van der Waals surface area contributed by atoms with Crippen molar-refractivity contribution in [3.63, 3.8) is 0 Å². The molecule has 2 rings (SSSR count). The number of alkyl halides is 1. The Kier molecular flexibility index (Phi) is 4.55. The fourth-order valence-electron chi connectivity index (χ4n) is 1.83. The molecule has 0 spiro atoms. The van der Waals surface area contributed by atoms with Gasteiger partial charge in [-0.1, -0.05) is 25.0 Å². The van der Waals surface area contributed by atoms with E-state index < -0.39 is 0 Å². The zero-order valence-corrected chi connectivity index (χ0v) is 11.0. The van der Waals surface area contributed by atoms with Gasteiger partial charge in [-0.05, 0) is 25.3 Å². The van der Waals surface area contributed by atoms with Crippen LogP contribution in [0.5, 0.6) is 11.5 Å². The molecule has 0 aromatic heterocycles. The Morgan fingerprint density at radius 3 is 2.76 bits per heavy atom. The number of halogens is 1. The molecule has 1 aromatic carbocycles. The third-order valence-electron chi connectivity index (χ3n) is 2.97. The summed E-state index contributed by atoms with van der Waals surface area (Å²) in [4.78, 5) is 0. The van der Waals surface area contributed by atoms with Gasteiger partial charge in [-0.15, -0.1) is 11.6 Å². The minimum atomic E-state index is 0.458. The molecule has 94 valence electrons. The van der Waals surface area contributed by atoms with Crippen LogP contribution in [-0.4, -0.2) is 13.2 Å². The summed E-state index contributed by atoms with van der Waals surface area (Å²) in [6, 6.07) is 5.88. The summed E-state index contributed by atoms with van der Waals surface area (Å²) in [6.45, 7) is 3.38. The van der Waals surface area contributed by atoms with Crippen LogP contribution in [0.2, 0.25) is 0 Å². The standard InChI is InChI=1S/C14H19ClO2/c1-2-16-13-5-3-4-12(10-15)14(13)17-9-8-11-6-7-11/h3-5,11H,2,6-10H2,1H3. The number of para-hydroxylation sites is 1. The van der Waals surface area contributed by atoms with Crippen molar-refractivity contribution >= 4 is 11.6 Å². The van der Waals surface area contributed by atoms with Crippen LogP contribution in [0.3, 0.4) is 0 Å². The first-order valence-corrected chi connectivity index (χ1v) is 6.82. The van der Waals surface area contributed by atoms with E-state index in [0.29, 0.717) is 12.5 Å². The Morgan fingerprint density at radius 1 is 1.29 bits per heavy atom. The van der Waals surface area contributed by atoms with Gasteiger partial charge in [-0.25, -0.2) is 0 Å². The van der Waals surface area contributed by atoms with Gasteiger partial charge in [0, 0.05) is 5.56 Å². The van der Waals surface area contributed by atoms with Crippen molar-refractivity contribution in [2.24, 2.45) is 5.92 Å². The van der Waals surface area contributed by atoms with E-state index in [0.717, 1.165) is 36.0 Å². The first-order chi connectivity index (χ1) is 8.35. The molecule has 0 saturated heterocycles. The van der Waals surface area contributed by atoms with E-state index >= 15 is 0 Å². The Morgan fingerprint density at radius 2 is 2.12 bits per heavy atom. The maximum absolute atomic E-state index is 5.92. The summed E-state index contributed by atoms with van der Waals surface area (Å²) in [7, 11) is 0. The molecule has 0 amide bonds. The van der Waals surface area contributed by atoms with Crippen LogP contribution in [0.4, 0.5) is 0 Å². The number of hydrogen-bond acceptors (Lipinski definition) is 2. The molecular weight excluding hydrogens is 236 g/mol. The molecular formula is C14H19ClO2. The molecule has 1 aliphatic carbocycles. The Bertz CT molecular complexity index is 361. The van der Waals surface area contributed by atoms with Crippen LogP contribution in [0.25, 0.3) is 0 Å². The van der Waals surface area contributed by atoms with Crippen LogP contribution in [0.15, 0.2) is 18.2 Å². The van der Waals surface area contributed by atoms with Crippen LogP contribution in [0.1, 0.15) is 31.7 Å². The van der Waals surface area contributed by atoms with Crippen molar-refractivity contribution < 1.29 is 9.47 Å². The summed E-state index contributed by atoms with van der Waals surface area (Å²) in [5.41, 5.74) is 1.01. The molecule has 0 heterocycles. The second kappa shape index (κ2) is 6.15. The van der Waals surface area contributed by atoms with Crippen molar-refractivity contribution in [3.8, 4) is 11.5 Å². The molecule has 0 bridgehead atoms. The topological polar surface area (TPSA) is 18.5 Å². The lowest BCUT2D eigenvalue weighted by atomic mass is 10.2. The third kappa shape index (κ3) is 3.53. The van der Waals surface area contributed by atoms with Crippen molar-refractivity contribution in [2.75, 3.05) is 13.2 Å². The maximum atomic E-state index is 5.92. The number of ether oxygens (including phenoxy) is 2. The van der Waals surface area contributed by atoms with Gasteiger partial charge >= 0.3 is 0 Å². The van der Waals surface area contributed by atoms with Gasteiger partial charge in [-0.2, -0.15) is 0 Å². The smallest absolute Gasteiger partial charge is 0.165 e. The van der Waals surface area contributed by atoms with Gasteiger partial charge in [0.05, 0.1) is 19.1 Å². The number of rotatable bonds is 7. The number of hydrogen-bond donors (Lipinski definition) is 0. The summed E-state index contributed by atoms with van der Waals surface area (Å²) in [5, 5.41) is 0. The molecule has 1 aromatic rings. The SMILES string of the molecule is CCOc1cccc(CCl)c1OCCC1CC1. The lowest BCUT2D eigenvalue weighted by Gasteiger charge is -2.14. The fraction of sp³-hybridized carbons (Fsp3) is 0.571.